The van der Waals surface area contributed by atoms with Gasteiger partial charge in [0.1, 0.15) is 5.75 Å². The second kappa shape index (κ2) is 7.64. The third-order valence-corrected chi connectivity index (χ3v) is 6.76. The van der Waals surface area contributed by atoms with Gasteiger partial charge in [0, 0.05) is 19.7 Å². The second-order valence-electron chi connectivity index (χ2n) is 6.40. The van der Waals surface area contributed by atoms with Crippen LogP contribution >= 0.6 is 0 Å². The molecule has 1 N–H and O–H groups in total. The van der Waals surface area contributed by atoms with E-state index < -0.39 is 10.0 Å². The lowest BCUT2D eigenvalue weighted by molar-refractivity contribution is 0.0684. The Morgan fingerprint density at radius 1 is 1.30 bits per heavy atom. The Bertz CT molecular complexity index is 607. The first-order valence-corrected chi connectivity index (χ1v) is 9.77. The van der Waals surface area contributed by atoms with E-state index in [4.69, 9.17) is 4.74 Å². The summed E-state index contributed by atoms with van der Waals surface area (Å²) < 4.78 is 31.2. The second-order valence-corrected chi connectivity index (χ2v) is 8.49. The van der Waals surface area contributed by atoms with Crippen molar-refractivity contribution in [2.24, 2.45) is 5.41 Å². The zero-order valence-corrected chi connectivity index (χ0v) is 14.8. The highest BCUT2D eigenvalue weighted by Crippen LogP contribution is 2.36. The van der Waals surface area contributed by atoms with Crippen molar-refractivity contribution in [1.82, 2.24) is 4.31 Å². The molecule has 1 aliphatic rings. The van der Waals surface area contributed by atoms with Crippen molar-refractivity contribution in [3.63, 3.8) is 0 Å². The van der Waals surface area contributed by atoms with Gasteiger partial charge in [-0.1, -0.05) is 19.1 Å². The van der Waals surface area contributed by atoms with Crippen molar-refractivity contribution in [1.29, 1.82) is 0 Å². The third kappa shape index (κ3) is 4.46. The maximum atomic E-state index is 12.2. The molecule has 1 fully saturated rings. The van der Waals surface area contributed by atoms with Gasteiger partial charge >= 0.3 is 0 Å². The number of sulfonamides is 1. The number of benzene rings is 1. The molecule has 0 aliphatic carbocycles. The summed E-state index contributed by atoms with van der Waals surface area (Å²) >= 11 is 0. The lowest BCUT2D eigenvalue weighted by Crippen LogP contribution is -2.46. The van der Waals surface area contributed by atoms with E-state index in [9.17, 15) is 13.5 Å². The minimum Gasteiger partial charge on any atom is -0.497 e. The zero-order valence-electron chi connectivity index (χ0n) is 14.0. The normalized spacial score (nSPS) is 18.7. The molecule has 1 aromatic rings. The first-order valence-electron chi connectivity index (χ1n) is 8.16. The molecule has 0 radical (unpaired) electrons. The van der Waals surface area contributed by atoms with Crippen molar-refractivity contribution in [3.05, 3.63) is 29.8 Å². The Hall–Kier alpha value is -1.11. The van der Waals surface area contributed by atoms with Gasteiger partial charge in [0.25, 0.3) is 0 Å². The molecule has 1 aromatic carbocycles. The standard InChI is InChI=1S/C17H27NO4S/c1-3-11-23(20,21)18-9-7-17(14-19,8-10-18)13-15-5-4-6-16(12-15)22-2/h4-6,12,19H,3,7-11,13-14H2,1-2H3. The number of methoxy groups -OCH3 is 1. The van der Waals surface area contributed by atoms with E-state index in [1.807, 2.05) is 31.2 Å². The number of hydrogen-bond acceptors (Lipinski definition) is 4. The van der Waals surface area contributed by atoms with Crippen LogP contribution in [0.3, 0.4) is 0 Å². The Kier molecular flexibility index (Phi) is 6.06. The van der Waals surface area contributed by atoms with Gasteiger partial charge in [0.15, 0.2) is 0 Å². The highest BCUT2D eigenvalue weighted by Gasteiger charge is 2.37. The Morgan fingerprint density at radius 2 is 2.00 bits per heavy atom. The molecule has 0 saturated carbocycles. The van der Waals surface area contributed by atoms with E-state index in [2.05, 4.69) is 0 Å². The van der Waals surface area contributed by atoms with E-state index in [0.717, 1.165) is 17.7 Å². The topological polar surface area (TPSA) is 66.8 Å². The maximum absolute atomic E-state index is 12.2. The number of nitrogens with zero attached hydrogens (tertiary/aromatic N) is 1. The van der Waals surface area contributed by atoms with Crippen LogP contribution in [0.2, 0.25) is 0 Å². The Labute approximate surface area is 139 Å². The Balaban J connectivity index is 2.06. The fraction of sp³-hybridized carbons (Fsp3) is 0.647. The third-order valence-electron chi connectivity index (χ3n) is 4.69. The van der Waals surface area contributed by atoms with Gasteiger partial charge < -0.3 is 9.84 Å². The SMILES string of the molecule is CCCS(=O)(=O)N1CCC(CO)(Cc2cccc(OC)c2)CC1. The first-order chi connectivity index (χ1) is 10.9. The predicted octanol–water partition coefficient (Wildman–Crippen LogP) is 2.05. The fourth-order valence-electron chi connectivity index (χ4n) is 3.23. The number of rotatable bonds is 7. The van der Waals surface area contributed by atoms with Crippen LogP contribution in [0.25, 0.3) is 0 Å². The van der Waals surface area contributed by atoms with Crippen LogP contribution in [0, 0.1) is 5.41 Å². The molecule has 1 aliphatic heterocycles. The van der Waals surface area contributed by atoms with Crippen molar-refractivity contribution in [2.45, 2.75) is 32.6 Å². The number of hydrogen-bond donors (Lipinski definition) is 1. The molecule has 0 atom stereocenters. The quantitative estimate of drug-likeness (QED) is 0.824. The van der Waals surface area contributed by atoms with Crippen LogP contribution in [0.5, 0.6) is 5.75 Å². The summed E-state index contributed by atoms with van der Waals surface area (Å²) in [6, 6.07) is 7.85. The van der Waals surface area contributed by atoms with Gasteiger partial charge in [-0.3, -0.25) is 0 Å². The molecule has 0 aromatic heterocycles. The average Bonchev–Trinajstić information content (AvgIpc) is 2.55. The van der Waals surface area contributed by atoms with E-state index in [1.54, 1.807) is 11.4 Å². The molecule has 0 spiro atoms. The summed E-state index contributed by atoms with van der Waals surface area (Å²) in [6.07, 6.45) is 2.74. The monoisotopic (exact) mass is 341 g/mol. The molecule has 130 valence electrons. The maximum Gasteiger partial charge on any atom is 0.214 e. The number of ether oxygens (including phenoxy) is 1. The van der Waals surface area contributed by atoms with Gasteiger partial charge in [0.05, 0.1) is 12.9 Å². The zero-order chi connectivity index (χ0) is 16.9. The molecule has 0 amide bonds. The van der Waals surface area contributed by atoms with E-state index in [1.165, 1.54) is 0 Å². The Morgan fingerprint density at radius 3 is 2.57 bits per heavy atom. The van der Waals surface area contributed by atoms with Gasteiger partial charge in [-0.15, -0.1) is 0 Å². The molecule has 5 nitrogen and oxygen atoms in total. The lowest BCUT2D eigenvalue weighted by atomic mass is 9.75. The lowest BCUT2D eigenvalue weighted by Gasteiger charge is -2.40. The highest BCUT2D eigenvalue weighted by atomic mass is 32.2. The van der Waals surface area contributed by atoms with Crippen molar-refractivity contribution in [3.8, 4) is 5.75 Å². The average molecular weight is 341 g/mol. The molecule has 1 saturated heterocycles. The first kappa shape index (κ1) is 18.2. The summed E-state index contributed by atoms with van der Waals surface area (Å²) in [5, 5.41) is 9.92. The van der Waals surface area contributed by atoms with Crippen LogP contribution in [-0.4, -0.2) is 50.4 Å². The van der Waals surface area contributed by atoms with Gasteiger partial charge in [-0.2, -0.15) is 0 Å². The molecule has 0 bridgehead atoms. The van der Waals surface area contributed by atoms with Crippen LogP contribution < -0.4 is 4.74 Å². The van der Waals surface area contributed by atoms with Crippen LogP contribution in [0.1, 0.15) is 31.7 Å². The van der Waals surface area contributed by atoms with E-state index in [-0.39, 0.29) is 17.8 Å². The van der Waals surface area contributed by atoms with Crippen LogP contribution in [0.15, 0.2) is 24.3 Å². The number of piperidine rings is 1. The molecule has 23 heavy (non-hydrogen) atoms. The summed E-state index contributed by atoms with van der Waals surface area (Å²) in [6.45, 7) is 2.94. The molecule has 2 rings (SSSR count). The minimum absolute atomic E-state index is 0.0753. The molecular weight excluding hydrogens is 314 g/mol. The van der Waals surface area contributed by atoms with Gasteiger partial charge in [-0.25, -0.2) is 12.7 Å². The molecule has 1 heterocycles. The molecule has 6 heteroatoms. The van der Waals surface area contributed by atoms with Gasteiger partial charge in [-0.05, 0) is 48.8 Å². The summed E-state index contributed by atoms with van der Waals surface area (Å²) in [4.78, 5) is 0. The van der Waals surface area contributed by atoms with Crippen LogP contribution in [0.4, 0.5) is 0 Å². The van der Waals surface area contributed by atoms with Crippen molar-refractivity contribution >= 4 is 10.0 Å². The van der Waals surface area contributed by atoms with Crippen LogP contribution in [-0.2, 0) is 16.4 Å². The predicted molar refractivity (Wildman–Crippen MR) is 91.1 cm³/mol. The number of aliphatic hydroxyl groups is 1. The highest BCUT2D eigenvalue weighted by molar-refractivity contribution is 7.89. The van der Waals surface area contributed by atoms with E-state index >= 15 is 0 Å². The molecular formula is C17H27NO4S. The summed E-state index contributed by atoms with van der Waals surface area (Å²) in [5.74, 6) is 1.01. The summed E-state index contributed by atoms with van der Waals surface area (Å²) in [5.41, 5.74) is 0.869. The number of aliphatic hydroxyl groups excluding tert-OH is 1. The van der Waals surface area contributed by atoms with E-state index in [0.29, 0.717) is 32.4 Å². The fourth-order valence-corrected chi connectivity index (χ4v) is 4.75. The summed E-state index contributed by atoms with van der Waals surface area (Å²) in [7, 11) is -1.51. The minimum atomic E-state index is -3.14. The largest absolute Gasteiger partial charge is 0.497 e. The van der Waals surface area contributed by atoms with Crippen molar-refractivity contribution < 1.29 is 18.3 Å². The van der Waals surface area contributed by atoms with Gasteiger partial charge in [0.2, 0.25) is 10.0 Å². The molecule has 0 unspecified atom stereocenters. The van der Waals surface area contributed by atoms with Crippen molar-refractivity contribution in [2.75, 3.05) is 32.6 Å². The smallest absolute Gasteiger partial charge is 0.214 e.